The van der Waals surface area contributed by atoms with Crippen molar-refractivity contribution in [3.8, 4) is 17.0 Å². The molecule has 1 aromatic carbocycles. The first-order valence-corrected chi connectivity index (χ1v) is 9.76. The number of phenols is 1. The Labute approximate surface area is 169 Å². The van der Waals surface area contributed by atoms with Gasteiger partial charge in [-0.1, -0.05) is 0 Å². The Morgan fingerprint density at radius 3 is 2.72 bits per heavy atom. The number of hydrogen-bond donors (Lipinski definition) is 2. The van der Waals surface area contributed by atoms with E-state index in [2.05, 4.69) is 46.2 Å². The molecule has 4 rings (SSSR count). The van der Waals surface area contributed by atoms with E-state index in [-0.39, 0.29) is 16.8 Å². The molecular formula is C21H26N6O2. The molecule has 8 nitrogen and oxygen atoms in total. The zero-order chi connectivity index (χ0) is 20.8. The number of benzene rings is 1. The quantitative estimate of drug-likeness (QED) is 0.702. The van der Waals surface area contributed by atoms with Gasteiger partial charge in [0.05, 0.1) is 6.20 Å². The number of pyridine rings is 1. The maximum Gasteiger partial charge on any atom is 0.258 e. The minimum atomic E-state index is -0.129. The Hall–Kier alpha value is -3.00. The zero-order valence-electron chi connectivity index (χ0n) is 17.2. The fourth-order valence-electron chi connectivity index (χ4n) is 3.79. The second-order valence-electron chi connectivity index (χ2n) is 8.66. The monoisotopic (exact) mass is 394 g/mol. The molecule has 8 heteroatoms. The van der Waals surface area contributed by atoms with Crippen molar-refractivity contribution >= 4 is 16.7 Å². The Kier molecular flexibility index (Phi) is 4.74. The molecule has 0 spiro atoms. The van der Waals surface area contributed by atoms with E-state index in [1.54, 1.807) is 37.6 Å². The summed E-state index contributed by atoms with van der Waals surface area (Å²) in [6, 6.07) is 5.41. The molecule has 0 aliphatic carbocycles. The van der Waals surface area contributed by atoms with Gasteiger partial charge in [0.1, 0.15) is 11.4 Å². The zero-order valence-corrected chi connectivity index (χ0v) is 17.2. The first-order chi connectivity index (χ1) is 13.7. The second kappa shape index (κ2) is 7.11. The third-order valence-electron chi connectivity index (χ3n) is 5.13. The number of rotatable bonds is 3. The van der Waals surface area contributed by atoms with Crippen LogP contribution < -0.4 is 15.8 Å². The van der Waals surface area contributed by atoms with Crippen LogP contribution in [-0.2, 0) is 7.05 Å². The lowest BCUT2D eigenvalue weighted by atomic mass is 10.1. The molecule has 1 atom stereocenters. The number of nitrogens with one attached hydrogen (secondary N) is 1. The molecule has 3 aromatic rings. The maximum absolute atomic E-state index is 12.4. The lowest BCUT2D eigenvalue weighted by molar-refractivity contribution is 0.373. The van der Waals surface area contributed by atoms with Crippen LogP contribution in [0.25, 0.3) is 22.0 Å². The molecule has 0 saturated carbocycles. The fraction of sp³-hybridized carbons (Fsp3) is 0.429. The van der Waals surface area contributed by atoms with E-state index < -0.39 is 0 Å². The Bertz CT molecular complexity index is 1100. The lowest BCUT2D eigenvalue weighted by Crippen LogP contribution is -2.45. The van der Waals surface area contributed by atoms with E-state index in [9.17, 15) is 9.90 Å². The van der Waals surface area contributed by atoms with Crippen LogP contribution in [-0.4, -0.2) is 49.5 Å². The molecule has 1 fully saturated rings. The first-order valence-electron chi connectivity index (χ1n) is 9.76. The van der Waals surface area contributed by atoms with E-state index >= 15 is 0 Å². The van der Waals surface area contributed by atoms with E-state index in [1.807, 2.05) is 0 Å². The van der Waals surface area contributed by atoms with Gasteiger partial charge >= 0.3 is 0 Å². The predicted molar refractivity (Wildman–Crippen MR) is 113 cm³/mol. The molecule has 0 radical (unpaired) electrons. The summed E-state index contributed by atoms with van der Waals surface area (Å²) >= 11 is 0. The Morgan fingerprint density at radius 1 is 1.24 bits per heavy atom. The second-order valence-corrected chi connectivity index (χ2v) is 8.66. The largest absolute Gasteiger partial charge is 0.507 e. The molecule has 2 N–H and O–H groups in total. The van der Waals surface area contributed by atoms with Gasteiger partial charge in [-0.15, -0.1) is 10.2 Å². The standard InChI is InChI=1S/C21H26N6O2/c1-21(2,3)23-14-6-8-27(12-14)20-22-11-17(24-25-20)16-10-15-13(9-18(16)28)5-7-26(4)19(15)29/h5,7,9-11,14,23,28H,6,8,12H2,1-4H3. The van der Waals surface area contributed by atoms with Crippen molar-refractivity contribution in [1.82, 2.24) is 25.1 Å². The predicted octanol–water partition coefficient (Wildman–Crippen LogP) is 2.06. The molecule has 1 unspecified atom stereocenters. The van der Waals surface area contributed by atoms with Crippen LogP contribution in [0.2, 0.25) is 0 Å². The average Bonchev–Trinajstić information content (AvgIpc) is 3.11. The molecule has 29 heavy (non-hydrogen) atoms. The SMILES string of the molecule is Cn1ccc2cc(O)c(-c3cnc(N4CCC(NC(C)(C)C)C4)nn3)cc2c1=O. The summed E-state index contributed by atoms with van der Waals surface area (Å²) in [4.78, 5) is 19.0. The van der Waals surface area contributed by atoms with Gasteiger partial charge < -0.3 is 19.9 Å². The smallest absolute Gasteiger partial charge is 0.258 e. The molecule has 1 saturated heterocycles. The van der Waals surface area contributed by atoms with Gasteiger partial charge in [0.15, 0.2) is 0 Å². The van der Waals surface area contributed by atoms with E-state index in [0.29, 0.717) is 34.0 Å². The van der Waals surface area contributed by atoms with E-state index in [1.165, 1.54) is 4.57 Å². The van der Waals surface area contributed by atoms with Crippen LogP contribution in [0.3, 0.4) is 0 Å². The van der Waals surface area contributed by atoms with Gasteiger partial charge in [0.2, 0.25) is 5.95 Å². The topological polar surface area (TPSA) is 96.2 Å². The highest BCUT2D eigenvalue weighted by Gasteiger charge is 2.27. The fourth-order valence-corrected chi connectivity index (χ4v) is 3.79. The number of phenolic OH excluding ortho intramolecular Hbond substituents is 1. The Morgan fingerprint density at radius 2 is 2.03 bits per heavy atom. The number of anilines is 1. The third-order valence-corrected chi connectivity index (χ3v) is 5.13. The summed E-state index contributed by atoms with van der Waals surface area (Å²) in [5.74, 6) is 0.619. The number of hydrogen-bond acceptors (Lipinski definition) is 7. The number of aromatic nitrogens is 4. The molecule has 1 aliphatic rings. The lowest BCUT2D eigenvalue weighted by Gasteiger charge is -2.25. The van der Waals surface area contributed by atoms with Gasteiger partial charge in [-0.25, -0.2) is 4.98 Å². The van der Waals surface area contributed by atoms with Gasteiger partial charge in [0, 0.05) is 48.9 Å². The van der Waals surface area contributed by atoms with Crippen molar-refractivity contribution in [2.24, 2.45) is 7.05 Å². The molecule has 0 bridgehead atoms. The van der Waals surface area contributed by atoms with Crippen LogP contribution >= 0.6 is 0 Å². The number of aryl methyl sites for hydroxylation is 1. The van der Waals surface area contributed by atoms with Crippen LogP contribution in [0.1, 0.15) is 27.2 Å². The first kappa shape index (κ1) is 19.3. The van der Waals surface area contributed by atoms with Gasteiger partial charge in [0.25, 0.3) is 5.56 Å². The summed E-state index contributed by atoms with van der Waals surface area (Å²) in [6.45, 7) is 8.17. The number of nitrogens with zero attached hydrogens (tertiary/aromatic N) is 5. The van der Waals surface area contributed by atoms with E-state index in [4.69, 9.17) is 0 Å². The Balaban J connectivity index is 1.59. The minimum absolute atomic E-state index is 0.0465. The van der Waals surface area contributed by atoms with E-state index in [0.717, 1.165) is 19.5 Å². The van der Waals surface area contributed by atoms with Crippen molar-refractivity contribution in [3.05, 3.63) is 40.9 Å². The maximum atomic E-state index is 12.4. The molecular weight excluding hydrogens is 368 g/mol. The van der Waals surface area contributed by atoms with Gasteiger partial charge in [-0.05, 0) is 50.8 Å². The molecule has 1 aliphatic heterocycles. The summed E-state index contributed by atoms with van der Waals surface area (Å²) in [5, 5.41) is 23.8. The summed E-state index contributed by atoms with van der Waals surface area (Å²) < 4.78 is 1.51. The molecule has 3 heterocycles. The van der Waals surface area contributed by atoms with Crippen molar-refractivity contribution < 1.29 is 5.11 Å². The van der Waals surface area contributed by atoms with Gasteiger partial charge in [-0.3, -0.25) is 4.79 Å². The van der Waals surface area contributed by atoms with Gasteiger partial charge in [-0.2, -0.15) is 0 Å². The highest BCUT2D eigenvalue weighted by atomic mass is 16.3. The van der Waals surface area contributed by atoms with Crippen molar-refractivity contribution in [3.63, 3.8) is 0 Å². The van der Waals surface area contributed by atoms with Crippen molar-refractivity contribution in [1.29, 1.82) is 0 Å². The third kappa shape index (κ3) is 3.93. The molecule has 0 amide bonds. The summed E-state index contributed by atoms with van der Waals surface area (Å²) in [6.07, 6.45) is 4.30. The highest BCUT2D eigenvalue weighted by molar-refractivity contribution is 5.89. The summed E-state index contributed by atoms with van der Waals surface area (Å²) in [5.41, 5.74) is 0.813. The highest BCUT2D eigenvalue weighted by Crippen LogP contribution is 2.31. The van der Waals surface area contributed by atoms with Crippen molar-refractivity contribution in [2.45, 2.75) is 38.8 Å². The average molecular weight is 394 g/mol. The van der Waals surface area contributed by atoms with Crippen LogP contribution in [0.15, 0.2) is 35.4 Å². The van der Waals surface area contributed by atoms with Crippen LogP contribution in [0, 0.1) is 0 Å². The number of aromatic hydroxyl groups is 1. The molecule has 152 valence electrons. The summed E-state index contributed by atoms with van der Waals surface area (Å²) in [7, 11) is 1.70. The number of fused-ring (bicyclic) bond motifs is 1. The van der Waals surface area contributed by atoms with Crippen LogP contribution in [0.5, 0.6) is 5.75 Å². The molecule has 2 aromatic heterocycles. The minimum Gasteiger partial charge on any atom is -0.507 e. The normalized spacial score (nSPS) is 17.2. The van der Waals surface area contributed by atoms with Crippen LogP contribution in [0.4, 0.5) is 5.95 Å². The van der Waals surface area contributed by atoms with Crippen molar-refractivity contribution in [2.75, 3.05) is 18.0 Å².